The molecule has 1 fully saturated rings. The first-order valence-electron chi connectivity index (χ1n) is 12.8. The van der Waals surface area contributed by atoms with Gasteiger partial charge in [-0.2, -0.15) is 0 Å². The number of ether oxygens (including phenoxy) is 2. The number of rotatable bonds is 9. The lowest BCUT2D eigenvalue weighted by atomic mass is 10.1. The maximum absolute atomic E-state index is 13.5. The molecule has 5 rings (SSSR count). The number of methoxy groups -OCH3 is 1. The second-order valence-electron chi connectivity index (χ2n) is 9.26. The van der Waals surface area contributed by atoms with Gasteiger partial charge >= 0.3 is 0 Å². The van der Waals surface area contributed by atoms with Crippen LogP contribution in [-0.4, -0.2) is 23.1 Å². The summed E-state index contributed by atoms with van der Waals surface area (Å²) >= 11 is 1.40. The van der Waals surface area contributed by atoms with Gasteiger partial charge in [0.15, 0.2) is 16.7 Å². The van der Waals surface area contributed by atoms with E-state index in [2.05, 4.69) is 19.1 Å². The summed E-state index contributed by atoms with van der Waals surface area (Å²) in [5.41, 5.74) is 5.29. The molecule has 5 nitrogen and oxygen atoms in total. The Morgan fingerprint density at radius 2 is 1.54 bits per heavy atom. The Morgan fingerprint density at radius 1 is 0.821 bits per heavy atom. The maximum atomic E-state index is 13.5. The first-order valence-corrected chi connectivity index (χ1v) is 13.6. The van der Waals surface area contributed by atoms with Gasteiger partial charge in [0.25, 0.3) is 5.91 Å². The van der Waals surface area contributed by atoms with Gasteiger partial charge in [-0.05, 0) is 59.1 Å². The summed E-state index contributed by atoms with van der Waals surface area (Å²) in [6, 6.07) is 34.0. The molecule has 4 aromatic carbocycles. The van der Waals surface area contributed by atoms with Crippen molar-refractivity contribution in [2.45, 2.75) is 26.6 Å². The highest BCUT2D eigenvalue weighted by Gasteiger charge is 2.33. The summed E-state index contributed by atoms with van der Waals surface area (Å²) in [7, 11) is 1.62. The van der Waals surface area contributed by atoms with E-state index >= 15 is 0 Å². The number of thioether (sulfide) groups is 1. The van der Waals surface area contributed by atoms with Crippen LogP contribution < -0.4 is 9.47 Å². The standard InChI is InChI=1S/C33H30N2O3S/c1-24-10-9-15-28(18-24)23-38-29-17-16-27(19-30(29)37-2)20-31-32(36)35(22-26-13-7-4-8-14-26)33(39-31)34-21-25-11-5-3-6-12-25/h3-20H,21-23H2,1-2H3/b31-20+,34-33?. The largest absolute Gasteiger partial charge is 0.493 e. The van der Waals surface area contributed by atoms with Crippen LogP contribution in [-0.2, 0) is 24.5 Å². The minimum Gasteiger partial charge on any atom is -0.493 e. The Morgan fingerprint density at radius 3 is 2.26 bits per heavy atom. The van der Waals surface area contributed by atoms with Crippen LogP contribution in [0.15, 0.2) is 113 Å². The molecule has 1 heterocycles. The van der Waals surface area contributed by atoms with Crippen LogP contribution >= 0.6 is 11.8 Å². The molecule has 39 heavy (non-hydrogen) atoms. The van der Waals surface area contributed by atoms with E-state index in [1.165, 1.54) is 17.3 Å². The number of carbonyl (C=O) groups excluding carboxylic acids is 1. The fraction of sp³-hybridized carbons (Fsp3) is 0.152. The average molecular weight is 535 g/mol. The molecular weight excluding hydrogens is 504 g/mol. The number of amides is 1. The van der Waals surface area contributed by atoms with Crippen molar-refractivity contribution in [3.63, 3.8) is 0 Å². The Labute approximate surface area is 233 Å². The van der Waals surface area contributed by atoms with Gasteiger partial charge in [0.1, 0.15) is 6.61 Å². The van der Waals surface area contributed by atoms with Crippen molar-refractivity contribution < 1.29 is 14.3 Å². The predicted molar refractivity (Wildman–Crippen MR) is 159 cm³/mol. The van der Waals surface area contributed by atoms with Crippen molar-refractivity contribution in [3.05, 3.63) is 136 Å². The number of aliphatic imine (C=N–C) groups is 1. The topological polar surface area (TPSA) is 51.1 Å². The second-order valence-corrected chi connectivity index (χ2v) is 10.3. The van der Waals surface area contributed by atoms with Crippen molar-refractivity contribution in [1.29, 1.82) is 0 Å². The minimum absolute atomic E-state index is 0.0607. The summed E-state index contributed by atoms with van der Waals surface area (Å²) in [5.74, 6) is 1.21. The molecule has 0 bridgehead atoms. The molecule has 1 saturated heterocycles. The molecule has 4 aromatic rings. The number of nitrogens with zero attached hydrogens (tertiary/aromatic N) is 2. The molecule has 0 radical (unpaired) electrons. The molecule has 196 valence electrons. The lowest BCUT2D eigenvalue weighted by Gasteiger charge is -2.15. The summed E-state index contributed by atoms with van der Waals surface area (Å²) < 4.78 is 11.7. The van der Waals surface area contributed by atoms with Gasteiger partial charge in [-0.3, -0.25) is 14.7 Å². The van der Waals surface area contributed by atoms with Crippen LogP contribution in [0.1, 0.15) is 27.8 Å². The molecule has 1 aliphatic rings. The molecular formula is C33H30N2O3S. The number of benzene rings is 4. The van der Waals surface area contributed by atoms with E-state index in [1.807, 2.05) is 97.1 Å². The maximum Gasteiger partial charge on any atom is 0.267 e. The molecule has 0 aliphatic carbocycles. The third kappa shape index (κ3) is 6.78. The van der Waals surface area contributed by atoms with E-state index in [4.69, 9.17) is 14.5 Å². The fourth-order valence-electron chi connectivity index (χ4n) is 4.28. The van der Waals surface area contributed by atoms with Crippen molar-refractivity contribution in [2.75, 3.05) is 7.11 Å². The summed E-state index contributed by atoms with van der Waals surface area (Å²) in [6.07, 6.45) is 1.89. The zero-order chi connectivity index (χ0) is 27.0. The van der Waals surface area contributed by atoms with Crippen molar-refractivity contribution in [3.8, 4) is 11.5 Å². The zero-order valence-corrected chi connectivity index (χ0v) is 22.9. The second kappa shape index (κ2) is 12.5. The van der Waals surface area contributed by atoms with E-state index < -0.39 is 0 Å². The van der Waals surface area contributed by atoms with Gasteiger partial charge in [0.05, 0.1) is 25.1 Å². The lowest BCUT2D eigenvalue weighted by molar-refractivity contribution is -0.122. The highest BCUT2D eigenvalue weighted by molar-refractivity contribution is 8.18. The summed E-state index contributed by atoms with van der Waals surface area (Å²) in [4.78, 5) is 20.7. The Hall–Kier alpha value is -4.29. The van der Waals surface area contributed by atoms with Crippen molar-refractivity contribution in [2.24, 2.45) is 4.99 Å². The number of carbonyl (C=O) groups is 1. The van der Waals surface area contributed by atoms with Crippen LogP contribution in [0.2, 0.25) is 0 Å². The molecule has 0 saturated carbocycles. The van der Waals surface area contributed by atoms with Crippen LogP contribution in [0.3, 0.4) is 0 Å². The molecule has 0 aromatic heterocycles. The van der Waals surface area contributed by atoms with E-state index in [-0.39, 0.29) is 5.91 Å². The quantitative estimate of drug-likeness (QED) is 0.212. The Kier molecular flexibility index (Phi) is 8.44. The molecule has 1 aliphatic heterocycles. The van der Waals surface area contributed by atoms with Crippen molar-refractivity contribution >= 4 is 28.9 Å². The van der Waals surface area contributed by atoms with Gasteiger partial charge in [0, 0.05) is 0 Å². The minimum atomic E-state index is -0.0607. The summed E-state index contributed by atoms with van der Waals surface area (Å²) in [5, 5.41) is 0.698. The highest BCUT2D eigenvalue weighted by Crippen LogP contribution is 2.36. The van der Waals surface area contributed by atoms with Crippen LogP contribution in [0, 0.1) is 6.92 Å². The molecule has 6 heteroatoms. The van der Waals surface area contributed by atoms with Crippen LogP contribution in [0.4, 0.5) is 0 Å². The Balaban J connectivity index is 1.37. The normalized spacial score (nSPS) is 15.2. The number of amidine groups is 1. The zero-order valence-electron chi connectivity index (χ0n) is 22.0. The van der Waals surface area contributed by atoms with Gasteiger partial charge in [-0.25, -0.2) is 0 Å². The van der Waals surface area contributed by atoms with Crippen LogP contribution in [0.25, 0.3) is 6.08 Å². The molecule has 0 unspecified atom stereocenters. The fourth-order valence-corrected chi connectivity index (χ4v) is 5.26. The van der Waals surface area contributed by atoms with Gasteiger partial charge in [-0.1, -0.05) is 96.6 Å². The average Bonchev–Trinajstić information content (AvgIpc) is 3.25. The van der Waals surface area contributed by atoms with Gasteiger partial charge in [0.2, 0.25) is 0 Å². The third-order valence-corrected chi connectivity index (χ3v) is 7.32. The van der Waals surface area contributed by atoms with Gasteiger partial charge in [-0.15, -0.1) is 0 Å². The molecule has 1 amide bonds. The molecule has 0 spiro atoms. The highest BCUT2D eigenvalue weighted by atomic mass is 32.2. The first kappa shape index (κ1) is 26.3. The number of hydrogen-bond donors (Lipinski definition) is 0. The molecule has 0 atom stereocenters. The van der Waals surface area contributed by atoms with E-state index in [1.54, 1.807) is 12.0 Å². The Bertz CT molecular complexity index is 1500. The SMILES string of the molecule is COc1cc(/C=C2/SC(=NCc3ccccc3)N(Cc3ccccc3)C2=O)ccc1OCc1cccc(C)c1. The van der Waals surface area contributed by atoms with E-state index in [0.29, 0.717) is 41.3 Å². The van der Waals surface area contributed by atoms with Crippen LogP contribution in [0.5, 0.6) is 11.5 Å². The molecule has 0 N–H and O–H groups in total. The number of aryl methyl sites for hydroxylation is 1. The van der Waals surface area contributed by atoms with E-state index in [9.17, 15) is 4.79 Å². The van der Waals surface area contributed by atoms with Crippen molar-refractivity contribution in [1.82, 2.24) is 4.90 Å². The monoisotopic (exact) mass is 534 g/mol. The summed E-state index contributed by atoms with van der Waals surface area (Å²) in [6.45, 7) is 3.48. The smallest absolute Gasteiger partial charge is 0.267 e. The van der Waals surface area contributed by atoms with Gasteiger partial charge < -0.3 is 9.47 Å². The lowest BCUT2D eigenvalue weighted by Crippen LogP contribution is -2.28. The third-order valence-electron chi connectivity index (χ3n) is 6.27. The predicted octanol–water partition coefficient (Wildman–Crippen LogP) is 7.26. The first-order chi connectivity index (χ1) is 19.1. The number of hydrogen-bond acceptors (Lipinski definition) is 5. The van der Waals surface area contributed by atoms with E-state index in [0.717, 1.165) is 22.3 Å².